The Morgan fingerprint density at radius 2 is 1.93 bits per heavy atom. The lowest BCUT2D eigenvalue weighted by atomic mass is 9.88. The van der Waals surface area contributed by atoms with Crippen LogP contribution >= 0.6 is 11.8 Å². The molecular weight excluding hydrogens is 204 g/mol. The topological polar surface area (TPSA) is 24.4 Å². The molecule has 0 aromatic carbocycles. The molecule has 1 saturated heterocycles. The van der Waals surface area contributed by atoms with Crippen molar-refractivity contribution in [3.05, 3.63) is 0 Å². The normalized spacial score (nSPS) is 37.9. The van der Waals surface area contributed by atoms with Crippen molar-refractivity contribution >= 4 is 16.9 Å². The van der Waals surface area contributed by atoms with Crippen LogP contribution in [0.5, 0.6) is 0 Å². The molecule has 0 aromatic rings. The fraction of sp³-hybridized carbons (Fsp3) is 0.917. The van der Waals surface area contributed by atoms with E-state index in [0.717, 1.165) is 11.7 Å². The highest BCUT2D eigenvalue weighted by Crippen LogP contribution is 2.28. The fourth-order valence-corrected chi connectivity index (χ4v) is 3.36. The molecule has 86 valence electrons. The summed E-state index contributed by atoms with van der Waals surface area (Å²) in [6.07, 6.45) is 5.28. The van der Waals surface area contributed by atoms with Gasteiger partial charge in [0.15, 0.2) is 5.17 Å². The third-order valence-corrected chi connectivity index (χ3v) is 4.65. The molecule has 1 aliphatic heterocycles. The standard InChI is InChI=1S/C12H22N2S/c1-9-4-6-10(7-5-9)13-11-14-12(2,3)8-15-11/h9-10H,4-8H2,1-3H3,(H,13,14). The minimum Gasteiger partial charge on any atom is -0.359 e. The molecule has 0 atom stereocenters. The van der Waals surface area contributed by atoms with Gasteiger partial charge in [-0.25, -0.2) is 0 Å². The van der Waals surface area contributed by atoms with Gasteiger partial charge in [-0.15, -0.1) is 0 Å². The van der Waals surface area contributed by atoms with Crippen LogP contribution in [0.4, 0.5) is 0 Å². The average molecular weight is 226 g/mol. The molecule has 1 aliphatic carbocycles. The van der Waals surface area contributed by atoms with Gasteiger partial charge in [-0.1, -0.05) is 18.7 Å². The molecule has 2 aliphatic rings. The first-order chi connectivity index (χ1) is 7.05. The van der Waals surface area contributed by atoms with E-state index in [4.69, 9.17) is 4.99 Å². The van der Waals surface area contributed by atoms with Gasteiger partial charge in [0.05, 0.1) is 6.04 Å². The van der Waals surface area contributed by atoms with Crippen molar-refractivity contribution in [2.75, 3.05) is 5.75 Å². The summed E-state index contributed by atoms with van der Waals surface area (Å²) < 4.78 is 0. The van der Waals surface area contributed by atoms with Gasteiger partial charge in [-0.05, 0) is 45.4 Å². The molecular formula is C12H22N2S. The Bertz CT molecular complexity index is 252. The minimum absolute atomic E-state index is 0.242. The fourth-order valence-electron chi connectivity index (χ4n) is 2.22. The molecule has 2 fully saturated rings. The SMILES string of the molecule is CC1CCC(N=C2NC(C)(C)CS2)CC1. The van der Waals surface area contributed by atoms with Crippen LogP contribution < -0.4 is 5.32 Å². The smallest absolute Gasteiger partial charge is 0.157 e. The first-order valence-corrected chi connectivity index (χ1v) is 7.02. The third kappa shape index (κ3) is 3.13. The van der Waals surface area contributed by atoms with Crippen LogP contribution in [0.15, 0.2) is 4.99 Å². The Hall–Kier alpha value is -0.180. The summed E-state index contributed by atoms with van der Waals surface area (Å²) in [5, 5.41) is 4.68. The number of nitrogens with zero attached hydrogens (tertiary/aromatic N) is 1. The average Bonchev–Trinajstić information content (AvgIpc) is 2.50. The number of aliphatic imine (C=N–C) groups is 1. The molecule has 1 heterocycles. The quantitative estimate of drug-likeness (QED) is 0.743. The maximum Gasteiger partial charge on any atom is 0.157 e. The molecule has 2 nitrogen and oxygen atoms in total. The second-order valence-electron chi connectivity index (χ2n) is 5.65. The van der Waals surface area contributed by atoms with E-state index in [1.165, 1.54) is 30.9 Å². The summed E-state index contributed by atoms with van der Waals surface area (Å²) in [6.45, 7) is 6.84. The summed E-state index contributed by atoms with van der Waals surface area (Å²) >= 11 is 1.88. The van der Waals surface area contributed by atoms with E-state index in [1.54, 1.807) is 0 Å². The molecule has 15 heavy (non-hydrogen) atoms. The summed E-state index contributed by atoms with van der Waals surface area (Å²) in [5.41, 5.74) is 0.242. The number of amidine groups is 1. The van der Waals surface area contributed by atoms with Gasteiger partial charge in [-0.3, -0.25) is 4.99 Å². The highest BCUT2D eigenvalue weighted by Gasteiger charge is 2.28. The highest BCUT2D eigenvalue weighted by molar-refractivity contribution is 8.14. The lowest BCUT2D eigenvalue weighted by Gasteiger charge is -2.24. The van der Waals surface area contributed by atoms with E-state index >= 15 is 0 Å². The first-order valence-electron chi connectivity index (χ1n) is 6.04. The van der Waals surface area contributed by atoms with Crippen molar-refractivity contribution in [2.45, 2.75) is 58.0 Å². The molecule has 2 rings (SSSR count). The third-order valence-electron chi connectivity index (χ3n) is 3.30. The second kappa shape index (κ2) is 4.36. The predicted octanol–water partition coefficient (Wildman–Crippen LogP) is 3.04. The molecule has 0 spiro atoms. The van der Waals surface area contributed by atoms with Crippen LogP contribution in [0, 0.1) is 5.92 Å². The lowest BCUT2D eigenvalue weighted by Crippen LogP contribution is -2.37. The van der Waals surface area contributed by atoms with E-state index < -0.39 is 0 Å². The number of nitrogens with one attached hydrogen (secondary N) is 1. The van der Waals surface area contributed by atoms with Gasteiger partial charge >= 0.3 is 0 Å². The van der Waals surface area contributed by atoms with Crippen LogP contribution in [0.25, 0.3) is 0 Å². The number of thioether (sulfide) groups is 1. The zero-order chi connectivity index (χ0) is 10.9. The monoisotopic (exact) mass is 226 g/mol. The van der Waals surface area contributed by atoms with Gasteiger partial charge in [0.1, 0.15) is 0 Å². The molecule has 0 unspecified atom stereocenters. The van der Waals surface area contributed by atoms with E-state index in [1.807, 2.05) is 11.8 Å². The zero-order valence-electron chi connectivity index (χ0n) is 10.0. The minimum atomic E-state index is 0.242. The Morgan fingerprint density at radius 1 is 1.27 bits per heavy atom. The van der Waals surface area contributed by atoms with Crippen molar-refractivity contribution in [3.8, 4) is 0 Å². The lowest BCUT2D eigenvalue weighted by molar-refractivity contribution is 0.349. The van der Waals surface area contributed by atoms with E-state index in [-0.39, 0.29) is 5.54 Å². The number of rotatable bonds is 1. The molecule has 1 N–H and O–H groups in total. The van der Waals surface area contributed by atoms with Crippen molar-refractivity contribution in [3.63, 3.8) is 0 Å². The van der Waals surface area contributed by atoms with Crippen molar-refractivity contribution in [2.24, 2.45) is 10.9 Å². The van der Waals surface area contributed by atoms with Crippen LogP contribution in [0.2, 0.25) is 0 Å². The van der Waals surface area contributed by atoms with Gasteiger partial charge < -0.3 is 5.32 Å². The Kier molecular flexibility index (Phi) is 3.29. The van der Waals surface area contributed by atoms with E-state index in [9.17, 15) is 0 Å². The van der Waals surface area contributed by atoms with E-state index in [2.05, 4.69) is 26.1 Å². The van der Waals surface area contributed by atoms with Crippen molar-refractivity contribution in [1.29, 1.82) is 0 Å². The molecule has 0 aromatic heterocycles. The number of hydrogen-bond acceptors (Lipinski definition) is 2. The number of hydrogen-bond donors (Lipinski definition) is 1. The Morgan fingerprint density at radius 3 is 2.47 bits per heavy atom. The molecule has 0 radical (unpaired) electrons. The summed E-state index contributed by atoms with van der Waals surface area (Å²) in [6, 6.07) is 0.588. The largest absolute Gasteiger partial charge is 0.359 e. The van der Waals surface area contributed by atoms with Gasteiger partial charge in [0, 0.05) is 11.3 Å². The molecule has 3 heteroatoms. The summed E-state index contributed by atoms with van der Waals surface area (Å²) in [7, 11) is 0. The first kappa shape index (κ1) is 11.3. The van der Waals surface area contributed by atoms with Crippen molar-refractivity contribution in [1.82, 2.24) is 5.32 Å². The zero-order valence-corrected chi connectivity index (χ0v) is 10.9. The van der Waals surface area contributed by atoms with Gasteiger partial charge in [0.25, 0.3) is 0 Å². The van der Waals surface area contributed by atoms with Crippen molar-refractivity contribution < 1.29 is 0 Å². The molecule has 0 amide bonds. The molecule has 1 saturated carbocycles. The van der Waals surface area contributed by atoms with Gasteiger partial charge in [-0.2, -0.15) is 0 Å². The maximum absolute atomic E-state index is 4.83. The van der Waals surface area contributed by atoms with Crippen LogP contribution in [-0.4, -0.2) is 22.5 Å². The predicted molar refractivity (Wildman–Crippen MR) is 68.5 cm³/mol. The maximum atomic E-state index is 4.83. The van der Waals surface area contributed by atoms with Crippen LogP contribution in [0.3, 0.4) is 0 Å². The van der Waals surface area contributed by atoms with Gasteiger partial charge in [0.2, 0.25) is 0 Å². The van der Waals surface area contributed by atoms with E-state index in [0.29, 0.717) is 6.04 Å². The second-order valence-corrected chi connectivity index (χ2v) is 6.61. The Balaban J connectivity index is 1.88. The summed E-state index contributed by atoms with van der Waals surface area (Å²) in [5.74, 6) is 2.07. The van der Waals surface area contributed by atoms with Crippen LogP contribution in [0.1, 0.15) is 46.5 Å². The molecule has 0 bridgehead atoms. The Labute approximate surface area is 97.3 Å². The highest BCUT2D eigenvalue weighted by atomic mass is 32.2. The summed E-state index contributed by atoms with van der Waals surface area (Å²) in [4.78, 5) is 4.83. The van der Waals surface area contributed by atoms with Crippen LogP contribution in [-0.2, 0) is 0 Å².